The van der Waals surface area contributed by atoms with Crippen molar-refractivity contribution in [3.05, 3.63) is 124 Å². The minimum absolute atomic E-state index is 0.0558. The molecule has 3 saturated heterocycles. The maximum atomic E-state index is 13.3. The normalized spacial score (nSPS) is 22.2. The first-order valence-electron chi connectivity index (χ1n) is 19.2. The molecule has 4 aromatic carbocycles. The monoisotopic (exact) mass is 758 g/mol. The number of aromatic amines is 1. The summed E-state index contributed by atoms with van der Waals surface area (Å²) < 4.78 is 12.8. The number of aromatic hydroxyl groups is 1. The number of quaternary nitrogens is 1. The molecule has 0 aliphatic carbocycles. The van der Waals surface area contributed by atoms with Gasteiger partial charge in [-0.2, -0.15) is 0 Å². The van der Waals surface area contributed by atoms with Crippen LogP contribution in [0.4, 0.5) is 16.2 Å². The number of nitrogens with zero attached hydrogens (tertiary/aromatic N) is 1. The molecule has 0 unspecified atom stereocenters. The number of aromatic nitrogens is 1. The molecule has 3 fully saturated rings. The van der Waals surface area contributed by atoms with Gasteiger partial charge < -0.3 is 39.8 Å². The SMILES string of the molecule is Cc1cc(NC(=O)CCc2ccc(-c3ccccc3)c(NC(=O)O[C@@H]3C[C@@H]4[C@H]5O[C@H]5[C@H](C3)[N+]4(C)C)c2)ccc1CNC[C@H](O)c1ccc(O)c2[nH]c(=O)ccc12. The minimum Gasteiger partial charge on any atom is -0.506 e. The number of morpholine rings is 1. The summed E-state index contributed by atoms with van der Waals surface area (Å²) in [4.78, 5) is 40.8. The Balaban J connectivity index is 0.855. The number of hydrogen-bond donors (Lipinski definition) is 6. The Labute approximate surface area is 325 Å². The number of carbonyl (C=O) groups excluding carboxylic acids is 2. The van der Waals surface area contributed by atoms with E-state index in [1.54, 1.807) is 12.1 Å². The van der Waals surface area contributed by atoms with Gasteiger partial charge in [0, 0.05) is 55.1 Å². The number of phenolic OH excluding ortho intramolecular Hbond substituents is 1. The lowest BCUT2D eigenvalue weighted by Gasteiger charge is -2.45. The Morgan fingerprint density at radius 2 is 1.71 bits per heavy atom. The maximum absolute atomic E-state index is 13.3. The number of pyridine rings is 1. The number of fused-ring (bicyclic) bond motifs is 6. The molecule has 290 valence electrons. The van der Waals surface area contributed by atoms with Gasteiger partial charge in [-0.3, -0.25) is 14.9 Å². The number of nitrogens with one attached hydrogen (secondary N) is 4. The standard InChI is InChI=1S/C44H47N5O7/c1-25-19-29(12-11-28(25)23-45-24-38(51)32-14-16-37(50)41-33(32)15-18-40(53)48-41)46-39(52)17-10-26-9-13-31(27-7-5-4-6-8-27)34(20-26)47-44(54)55-30-21-35-42-43(56-42)36(22-30)49(35,2)3/h4-9,11-16,18-20,30,35-36,38,42-43,45,51H,10,17,21-24H2,1-3H3,(H3-,46,47,48,50,52,53,54)/p+1/t30-,35-,36+,38-,42-,43+/m0/s1. The number of hydrogen-bond acceptors (Lipinski definition) is 8. The zero-order valence-corrected chi connectivity index (χ0v) is 31.7. The summed E-state index contributed by atoms with van der Waals surface area (Å²) in [7, 11) is 4.50. The Morgan fingerprint density at radius 3 is 2.46 bits per heavy atom. The number of aliphatic hydroxyl groups is 1. The Kier molecular flexibility index (Phi) is 10.1. The maximum Gasteiger partial charge on any atom is 0.411 e. The second-order valence-electron chi connectivity index (χ2n) is 15.8. The number of anilines is 2. The second kappa shape index (κ2) is 15.2. The molecule has 3 aliphatic rings. The third-order valence-electron chi connectivity index (χ3n) is 11.9. The number of piperidine rings is 1. The molecule has 6 atom stereocenters. The van der Waals surface area contributed by atoms with Gasteiger partial charge in [0.1, 0.15) is 36.1 Å². The minimum atomic E-state index is -0.872. The van der Waals surface area contributed by atoms with Crippen molar-refractivity contribution >= 4 is 34.3 Å². The van der Waals surface area contributed by atoms with Crippen LogP contribution in [-0.4, -0.2) is 82.7 Å². The van der Waals surface area contributed by atoms with Gasteiger partial charge in [-0.25, -0.2) is 4.79 Å². The smallest absolute Gasteiger partial charge is 0.411 e. The molecule has 0 saturated carbocycles. The van der Waals surface area contributed by atoms with Crippen LogP contribution in [0.25, 0.3) is 22.0 Å². The first-order chi connectivity index (χ1) is 26.9. The number of rotatable bonds is 12. The molecule has 4 heterocycles. The fourth-order valence-electron chi connectivity index (χ4n) is 8.77. The molecular weight excluding hydrogens is 711 g/mol. The molecule has 5 aromatic rings. The number of aryl methyl sites for hydroxylation is 2. The fraction of sp³-hybridized carbons (Fsp3) is 0.341. The molecular formula is C44H48N5O7+. The van der Waals surface area contributed by atoms with E-state index in [2.05, 4.69) is 35.0 Å². The number of H-pyrrole nitrogens is 1. The van der Waals surface area contributed by atoms with Crippen molar-refractivity contribution in [1.29, 1.82) is 0 Å². The van der Waals surface area contributed by atoms with Crippen molar-refractivity contribution in [3.63, 3.8) is 0 Å². The summed E-state index contributed by atoms with van der Waals surface area (Å²) in [6, 6.07) is 28.2. The molecule has 8 rings (SSSR count). The lowest BCUT2D eigenvalue weighted by atomic mass is 9.96. The van der Waals surface area contributed by atoms with Gasteiger partial charge in [-0.15, -0.1) is 0 Å². The van der Waals surface area contributed by atoms with Crippen molar-refractivity contribution in [1.82, 2.24) is 10.3 Å². The van der Waals surface area contributed by atoms with E-state index in [1.807, 2.05) is 73.7 Å². The molecule has 2 bridgehead atoms. The predicted molar refractivity (Wildman–Crippen MR) is 214 cm³/mol. The number of aliphatic hydroxyl groups excluding tert-OH is 1. The summed E-state index contributed by atoms with van der Waals surface area (Å²) >= 11 is 0. The van der Waals surface area contributed by atoms with E-state index in [1.165, 1.54) is 12.1 Å². The third kappa shape index (κ3) is 7.65. The highest BCUT2D eigenvalue weighted by atomic mass is 16.6. The second-order valence-corrected chi connectivity index (χ2v) is 15.8. The van der Waals surface area contributed by atoms with Crippen LogP contribution >= 0.6 is 0 Å². The summed E-state index contributed by atoms with van der Waals surface area (Å²) in [5, 5.41) is 31.0. The predicted octanol–water partition coefficient (Wildman–Crippen LogP) is 5.91. The average Bonchev–Trinajstić information content (AvgIpc) is 3.94. The number of amides is 2. The van der Waals surface area contributed by atoms with E-state index in [-0.39, 0.29) is 48.5 Å². The molecule has 12 heteroatoms. The zero-order chi connectivity index (χ0) is 39.1. The first kappa shape index (κ1) is 37.4. The molecule has 0 radical (unpaired) electrons. The summed E-state index contributed by atoms with van der Waals surface area (Å²) in [5.41, 5.74) is 6.62. The van der Waals surface area contributed by atoms with Gasteiger partial charge in [-0.05, 0) is 71.5 Å². The van der Waals surface area contributed by atoms with Gasteiger partial charge in [0.15, 0.2) is 0 Å². The molecule has 0 spiro atoms. The Bertz CT molecular complexity index is 2320. The number of carbonyl (C=O) groups is 2. The molecule has 56 heavy (non-hydrogen) atoms. The molecule has 12 nitrogen and oxygen atoms in total. The Hall–Kier alpha value is -5.53. The van der Waals surface area contributed by atoms with Gasteiger partial charge >= 0.3 is 6.09 Å². The van der Waals surface area contributed by atoms with Crippen molar-refractivity contribution in [2.45, 2.75) is 75.7 Å². The van der Waals surface area contributed by atoms with Crippen LogP contribution in [0, 0.1) is 6.92 Å². The fourth-order valence-corrected chi connectivity index (χ4v) is 8.77. The highest BCUT2D eigenvalue weighted by Crippen LogP contribution is 2.51. The van der Waals surface area contributed by atoms with E-state index in [0.717, 1.165) is 45.1 Å². The van der Waals surface area contributed by atoms with Crippen LogP contribution in [0.3, 0.4) is 0 Å². The third-order valence-corrected chi connectivity index (χ3v) is 11.9. The molecule has 2 amide bonds. The number of benzene rings is 4. The van der Waals surface area contributed by atoms with Crippen LogP contribution in [0.5, 0.6) is 5.75 Å². The van der Waals surface area contributed by atoms with Gasteiger partial charge in [0.25, 0.3) is 0 Å². The lowest BCUT2D eigenvalue weighted by Crippen LogP contribution is -2.60. The van der Waals surface area contributed by atoms with Crippen molar-refractivity contribution in [2.24, 2.45) is 0 Å². The van der Waals surface area contributed by atoms with Gasteiger partial charge in [0.05, 0.1) is 31.4 Å². The van der Waals surface area contributed by atoms with Crippen LogP contribution in [-0.2, 0) is 27.2 Å². The number of epoxide rings is 1. The summed E-state index contributed by atoms with van der Waals surface area (Å²) in [5.74, 6) is -0.183. The topological polar surface area (TPSA) is 165 Å². The summed E-state index contributed by atoms with van der Waals surface area (Å²) in [6.45, 7) is 2.70. The van der Waals surface area contributed by atoms with E-state index in [9.17, 15) is 24.6 Å². The highest BCUT2D eigenvalue weighted by molar-refractivity contribution is 5.93. The number of likely N-dealkylation sites (N-methyl/N-ethyl adjacent to an activating group) is 1. The molecule has 3 aliphatic heterocycles. The van der Waals surface area contributed by atoms with E-state index in [0.29, 0.717) is 52.9 Å². The molecule has 1 aromatic heterocycles. The van der Waals surface area contributed by atoms with Crippen LogP contribution in [0.15, 0.2) is 95.8 Å². The van der Waals surface area contributed by atoms with Crippen LogP contribution in [0.1, 0.15) is 47.6 Å². The Morgan fingerprint density at radius 1 is 0.946 bits per heavy atom. The quantitative estimate of drug-likeness (QED) is 0.0676. The zero-order valence-electron chi connectivity index (χ0n) is 31.7. The van der Waals surface area contributed by atoms with E-state index >= 15 is 0 Å². The van der Waals surface area contributed by atoms with Gasteiger partial charge in [-0.1, -0.05) is 54.6 Å². The van der Waals surface area contributed by atoms with Crippen LogP contribution < -0.4 is 21.5 Å². The average molecular weight is 759 g/mol. The number of phenols is 1. The van der Waals surface area contributed by atoms with Gasteiger partial charge in [0.2, 0.25) is 11.5 Å². The van der Waals surface area contributed by atoms with Crippen molar-refractivity contribution in [2.75, 3.05) is 31.3 Å². The molecule has 6 N–H and O–H groups in total. The summed E-state index contributed by atoms with van der Waals surface area (Å²) in [6.07, 6.45) is 1.34. The largest absolute Gasteiger partial charge is 0.506 e. The highest BCUT2D eigenvalue weighted by Gasteiger charge is 2.70. The van der Waals surface area contributed by atoms with E-state index in [4.69, 9.17) is 9.47 Å². The van der Waals surface area contributed by atoms with Crippen molar-refractivity contribution < 1.29 is 33.8 Å². The van der Waals surface area contributed by atoms with Crippen molar-refractivity contribution in [3.8, 4) is 16.9 Å². The van der Waals surface area contributed by atoms with Crippen LogP contribution in [0.2, 0.25) is 0 Å². The van der Waals surface area contributed by atoms with E-state index < -0.39 is 12.2 Å². The number of ether oxygens (including phenoxy) is 2. The first-order valence-corrected chi connectivity index (χ1v) is 19.2. The lowest BCUT2D eigenvalue weighted by molar-refractivity contribution is -0.938.